The minimum absolute atomic E-state index is 0.140. The van der Waals surface area contributed by atoms with Gasteiger partial charge in [-0.25, -0.2) is 0 Å². The Morgan fingerprint density at radius 3 is 2.41 bits per heavy atom. The fourth-order valence-electron chi connectivity index (χ4n) is 3.85. The van der Waals surface area contributed by atoms with Crippen LogP contribution in [0.1, 0.15) is 53.5 Å². The lowest BCUT2D eigenvalue weighted by molar-refractivity contribution is -0.0918. The standard InChI is InChI=1S/C27H37BN2O3S/c1-9-25(29)32-17-34-22-13-11-21(12-14-22)30-19(3)18(2)23-15-10-20(16-24(23)30)28(8)33-27(6,7)26(4,5)31/h10-16,19,29,31H,2,9,17H2,1,3-8H3. The van der Waals surface area contributed by atoms with E-state index in [9.17, 15) is 5.11 Å². The summed E-state index contributed by atoms with van der Waals surface area (Å²) in [5, 5.41) is 18.1. The molecule has 2 aromatic rings. The number of benzene rings is 2. The van der Waals surface area contributed by atoms with Crippen LogP contribution in [0.4, 0.5) is 11.4 Å². The molecular formula is C27H37BN2O3S. The third-order valence-electron chi connectivity index (χ3n) is 6.83. The smallest absolute Gasteiger partial charge is 0.324 e. The van der Waals surface area contributed by atoms with Crippen molar-refractivity contribution < 1.29 is 14.5 Å². The van der Waals surface area contributed by atoms with E-state index in [1.165, 1.54) is 0 Å². The molecule has 0 radical (unpaired) electrons. The molecule has 34 heavy (non-hydrogen) atoms. The molecule has 0 aliphatic carbocycles. The van der Waals surface area contributed by atoms with Crippen molar-refractivity contribution in [3.8, 4) is 0 Å². The fourth-order valence-corrected chi connectivity index (χ4v) is 4.52. The highest BCUT2D eigenvalue weighted by Crippen LogP contribution is 2.44. The maximum Gasteiger partial charge on any atom is 0.324 e. The zero-order valence-electron chi connectivity index (χ0n) is 21.4. The van der Waals surface area contributed by atoms with Crippen molar-refractivity contribution in [3.05, 3.63) is 54.6 Å². The number of hydrogen-bond donors (Lipinski definition) is 2. The van der Waals surface area contributed by atoms with Crippen LogP contribution in [-0.4, -0.2) is 41.1 Å². The van der Waals surface area contributed by atoms with Gasteiger partial charge in [-0.2, -0.15) is 0 Å². The van der Waals surface area contributed by atoms with Crippen LogP contribution in [0.3, 0.4) is 0 Å². The van der Waals surface area contributed by atoms with Crippen LogP contribution < -0.4 is 10.4 Å². The number of fused-ring (bicyclic) bond motifs is 1. The van der Waals surface area contributed by atoms with Crippen LogP contribution in [0.25, 0.3) is 5.57 Å². The predicted molar refractivity (Wildman–Crippen MR) is 146 cm³/mol. The van der Waals surface area contributed by atoms with Crippen molar-refractivity contribution in [2.45, 2.75) is 76.9 Å². The predicted octanol–water partition coefficient (Wildman–Crippen LogP) is 6.09. The second-order valence-corrected chi connectivity index (χ2v) is 10.9. The van der Waals surface area contributed by atoms with Crippen molar-refractivity contribution in [1.29, 1.82) is 5.41 Å². The molecule has 5 nitrogen and oxygen atoms in total. The number of thioether (sulfide) groups is 1. The lowest BCUT2D eigenvalue weighted by Gasteiger charge is -2.39. The van der Waals surface area contributed by atoms with Crippen LogP contribution in [0.2, 0.25) is 6.82 Å². The zero-order valence-corrected chi connectivity index (χ0v) is 22.3. The molecule has 1 aliphatic rings. The lowest BCUT2D eigenvalue weighted by Crippen LogP contribution is -2.52. The van der Waals surface area contributed by atoms with Gasteiger partial charge in [0.05, 0.1) is 17.2 Å². The third kappa shape index (κ3) is 5.53. The Hall–Kier alpha value is -2.22. The normalized spacial score (nSPS) is 15.9. The van der Waals surface area contributed by atoms with Crippen molar-refractivity contribution in [2.24, 2.45) is 0 Å². The van der Waals surface area contributed by atoms with Gasteiger partial charge in [-0.15, -0.1) is 0 Å². The van der Waals surface area contributed by atoms with Crippen LogP contribution in [0.5, 0.6) is 0 Å². The molecule has 0 saturated carbocycles. The van der Waals surface area contributed by atoms with E-state index in [1.54, 1.807) is 25.6 Å². The van der Waals surface area contributed by atoms with Gasteiger partial charge in [0.15, 0.2) is 5.90 Å². The number of anilines is 2. The van der Waals surface area contributed by atoms with E-state index in [2.05, 4.69) is 60.9 Å². The Kier molecular flexibility index (Phi) is 7.90. The van der Waals surface area contributed by atoms with E-state index in [1.807, 2.05) is 27.6 Å². The Morgan fingerprint density at radius 1 is 1.18 bits per heavy atom. The second-order valence-electron chi connectivity index (χ2n) is 9.85. The van der Waals surface area contributed by atoms with Gasteiger partial charge in [-0.3, -0.25) is 5.41 Å². The molecule has 2 N–H and O–H groups in total. The maximum atomic E-state index is 10.5. The molecule has 182 valence electrons. The van der Waals surface area contributed by atoms with Gasteiger partial charge in [0.25, 0.3) is 0 Å². The summed E-state index contributed by atoms with van der Waals surface area (Å²) in [5.41, 5.74) is 3.86. The Balaban J connectivity index is 1.83. The first-order valence-electron chi connectivity index (χ1n) is 11.8. The summed E-state index contributed by atoms with van der Waals surface area (Å²) in [7, 11) is 0. The van der Waals surface area contributed by atoms with Crippen LogP contribution >= 0.6 is 11.8 Å². The molecule has 2 aromatic carbocycles. The van der Waals surface area contributed by atoms with Crippen molar-refractivity contribution >= 4 is 47.0 Å². The molecule has 0 fully saturated rings. The summed E-state index contributed by atoms with van der Waals surface area (Å²) in [6.07, 6.45) is 0.608. The van der Waals surface area contributed by atoms with E-state index >= 15 is 0 Å². The van der Waals surface area contributed by atoms with Gasteiger partial charge < -0.3 is 19.4 Å². The van der Waals surface area contributed by atoms with Crippen LogP contribution in [0.15, 0.2) is 53.9 Å². The average molecular weight is 480 g/mol. The first-order chi connectivity index (χ1) is 15.9. The minimum Gasteiger partial charge on any atom is -0.470 e. The summed E-state index contributed by atoms with van der Waals surface area (Å²) >= 11 is 1.58. The van der Waals surface area contributed by atoms with Gasteiger partial charge in [0.1, 0.15) is 5.94 Å². The second kappa shape index (κ2) is 10.2. The monoisotopic (exact) mass is 480 g/mol. The van der Waals surface area contributed by atoms with Gasteiger partial charge in [0.2, 0.25) is 0 Å². The highest BCUT2D eigenvalue weighted by atomic mass is 32.2. The van der Waals surface area contributed by atoms with Crippen LogP contribution in [0, 0.1) is 5.41 Å². The molecule has 0 amide bonds. The molecule has 1 aliphatic heterocycles. The van der Waals surface area contributed by atoms with Crippen LogP contribution in [-0.2, 0) is 9.39 Å². The quantitative estimate of drug-likeness (QED) is 0.150. The number of hydrogen-bond acceptors (Lipinski definition) is 6. The lowest BCUT2D eigenvalue weighted by atomic mass is 9.62. The number of nitrogens with one attached hydrogen (secondary N) is 1. The summed E-state index contributed by atoms with van der Waals surface area (Å²) < 4.78 is 11.7. The number of aliphatic hydroxyl groups is 1. The Bertz CT molecular complexity index is 1050. The maximum absolute atomic E-state index is 10.5. The topological polar surface area (TPSA) is 65.8 Å². The molecular weight excluding hydrogens is 443 g/mol. The Morgan fingerprint density at radius 2 is 1.82 bits per heavy atom. The summed E-state index contributed by atoms with van der Waals surface area (Å²) in [4.78, 5) is 3.41. The largest absolute Gasteiger partial charge is 0.470 e. The molecule has 3 rings (SSSR count). The number of nitrogens with zero attached hydrogens (tertiary/aromatic N) is 1. The third-order valence-corrected chi connectivity index (χ3v) is 7.67. The summed E-state index contributed by atoms with van der Waals surface area (Å²) in [6.45, 7) is 17.7. The van der Waals surface area contributed by atoms with Gasteiger partial charge in [0, 0.05) is 28.3 Å². The molecule has 0 saturated heterocycles. The Labute approximate surface area is 209 Å². The van der Waals surface area contributed by atoms with E-state index in [0.717, 1.165) is 32.9 Å². The summed E-state index contributed by atoms with van der Waals surface area (Å²) in [6, 6.07) is 15.0. The zero-order chi connectivity index (χ0) is 25.3. The highest BCUT2D eigenvalue weighted by molar-refractivity contribution is 7.99. The van der Waals surface area contributed by atoms with Crippen molar-refractivity contribution in [1.82, 2.24) is 0 Å². The molecule has 1 heterocycles. The number of rotatable bonds is 9. The number of ether oxygens (including phenoxy) is 1. The minimum atomic E-state index is -0.964. The van der Waals surface area contributed by atoms with Crippen molar-refractivity contribution in [3.63, 3.8) is 0 Å². The van der Waals surface area contributed by atoms with Gasteiger partial charge in [-0.05, 0) is 76.0 Å². The molecule has 0 spiro atoms. The van der Waals surface area contributed by atoms with E-state index in [-0.39, 0.29) is 13.0 Å². The highest BCUT2D eigenvalue weighted by Gasteiger charge is 2.39. The van der Waals surface area contributed by atoms with E-state index in [4.69, 9.17) is 14.8 Å². The molecule has 0 bridgehead atoms. The SMILES string of the molecule is C=C1c2ccc(B(C)OC(C)(C)C(C)(C)O)cc2N(c2ccc(SCOC(=N)CC)cc2)C1C. The fraction of sp³-hybridized carbons (Fsp3) is 0.444. The first-order valence-corrected chi connectivity index (χ1v) is 12.8. The van der Waals surface area contributed by atoms with Crippen molar-refractivity contribution in [2.75, 3.05) is 10.8 Å². The van der Waals surface area contributed by atoms with E-state index < -0.39 is 11.2 Å². The average Bonchev–Trinajstić information content (AvgIpc) is 3.02. The first kappa shape index (κ1) is 26.4. The summed E-state index contributed by atoms with van der Waals surface area (Å²) in [5.74, 6) is 0.749. The molecule has 1 atom stereocenters. The molecule has 1 unspecified atom stereocenters. The van der Waals surface area contributed by atoms with Gasteiger partial charge >= 0.3 is 6.92 Å². The van der Waals surface area contributed by atoms with E-state index in [0.29, 0.717) is 18.3 Å². The van der Waals surface area contributed by atoms with Gasteiger partial charge in [-0.1, -0.05) is 44.2 Å². The molecule has 7 heteroatoms. The molecule has 0 aromatic heterocycles.